The third-order valence-corrected chi connectivity index (χ3v) is 6.48. The Morgan fingerprint density at radius 3 is 2.55 bits per heavy atom. The van der Waals surface area contributed by atoms with Gasteiger partial charge in [0.05, 0.1) is 40.7 Å². The van der Waals surface area contributed by atoms with E-state index >= 15 is 0 Å². The number of alkyl carbamates (subject to hydrolysis) is 1. The topological polar surface area (TPSA) is 145 Å². The lowest BCUT2D eigenvalue weighted by Gasteiger charge is -2.35. The number of benzene rings is 1. The zero-order valence-electron chi connectivity index (χ0n) is 17.8. The molecule has 10 nitrogen and oxygen atoms in total. The predicted molar refractivity (Wildman–Crippen MR) is 109 cm³/mol. The molecule has 0 bridgehead atoms. The number of nitrogens with one attached hydrogen (secondary N) is 1. The molecule has 1 fully saturated rings. The minimum Gasteiger partial charge on any atom is -0.444 e. The van der Waals surface area contributed by atoms with Gasteiger partial charge in [-0.3, -0.25) is 10.1 Å². The highest BCUT2D eigenvalue weighted by atomic mass is 32.2. The Kier molecular flexibility index (Phi) is 7.61. The van der Waals surface area contributed by atoms with E-state index in [4.69, 9.17) is 9.47 Å². The first-order valence-corrected chi connectivity index (χ1v) is 11.4. The van der Waals surface area contributed by atoms with Crippen molar-refractivity contribution in [2.75, 3.05) is 18.6 Å². The Morgan fingerprint density at radius 2 is 2.00 bits per heavy atom. The lowest BCUT2D eigenvalue weighted by Crippen LogP contribution is -2.56. The minimum atomic E-state index is -3.63. The highest BCUT2D eigenvalue weighted by molar-refractivity contribution is 7.91. The fourth-order valence-corrected chi connectivity index (χ4v) is 5.50. The molecule has 0 spiro atoms. The monoisotopic (exact) mass is 462 g/mol. The van der Waals surface area contributed by atoms with Crippen molar-refractivity contribution < 1.29 is 37.1 Å². The fraction of sp³-hybridized carbons (Fsp3) is 0.632. The van der Waals surface area contributed by atoms with Gasteiger partial charge in [-0.25, -0.2) is 13.2 Å². The number of carbonyl (C=O) groups excluding carboxylic acids is 1. The summed E-state index contributed by atoms with van der Waals surface area (Å²) in [6.45, 7) is 4.72. The van der Waals surface area contributed by atoms with Gasteiger partial charge in [-0.15, -0.1) is 0 Å². The summed E-state index contributed by atoms with van der Waals surface area (Å²) < 4.78 is 49.1. The number of nitro groups is 1. The molecule has 31 heavy (non-hydrogen) atoms. The molecular weight excluding hydrogens is 435 g/mol. The second-order valence-corrected chi connectivity index (χ2v) is 10.7. The van der Waals surface area contributed by atoms with Gasteiger partial charge in [0.15, 0.2) is 9.84 Å². The van der Waals surface area contributed by atoms with Crippen LogP contribution in [0.1, 0.15) is 31.9 Å². The smallest absolute Gasteiger partial charge is 0.407 e. The number of aliphatic hydroxyl groups excluding tert-OH is 1. The lowest BCUT2D eigenvalue weighted by molar-refractivity contribution is -0.388. The van der Waals surface area contributed by atoms with Crippen molar-refractivity contribution in [1.82, 2.24) is 5.32 Å². The van der Waals surface area contributed by atoms with E-state index in [0.717, 1.165) is 6.07 Å². The Hall–Kier alpha value is -2.31. The maximum absolute atomic E-state index is 14.3. The van der Waals surface area contributed by atoms with Gasteiger partial charge in [0, 0.05) is 13.0 Å². The van der Waals surface area contributed by atoms with Gasteiger partial charge >= 0.3 is 11.8 Å². The molecule has 2 N–H and O–H groups in total. The maximum Gasteiger partial charge on any atom is 0.407 e. The van der Waals surface area contributed by atoms with Gasteiger partial charge in [-0.1, -0.05) is 0 Å². The van der Waals surface area contributed by atoms with Crippen molar-refractivity contribution in [3.05, 3.63) is 39.2 Å². The number of hydrogen-bond donors (Lipinski definition) is 2. The van der Waals surface area contributed by atoms with E-state index in [1.54, 1.807) is 20.8 Å². The van der Waals surface area contributed by atoms with Crippen molar-refractivity contribution in [1.29, 1.82) is 0 Å². The number of sulfone groups is 1. The normalized spacial score (nSPS) is 23.2. The molecule has 12 heteroatoms. The SMILES string of the molecule is COCc1cc(CC2CS(=O)(=O)CC(NC(=O)OC(C)(C)C)C2O)cc(F)c1[N+](=O)[O-]. The van der Waals surface area contributed by atoms with Crippen LogP contribution in [0.5, 0.6) is 0 Å². The standard InChI is InChI=1S/C19H27FN2O8S/c1-19(2,3)30-18(24)21-15-10-31(27,28)9-13(17(15)23)6-11-5-12(8-29-4)16(22(25)26)14(20)7-11/h5,7,13,15,17,23H,6,8-10H2,1-4H3,(H,21,24). The van der Waals surface area contributed by atoms with Crippen LogP contribution in [0.15, 0.2) is 12.1 Å². The van der Waals surface area contributed by atoms with E-state index in [0.29, 0.717) is 0 Å². The molecule has 0 radical (unpaired) electrons. The van der Waals surface area contributed by atoms with Crippen LogP contribution in [0.2, 0.25) is 0 Å². The van der Waals surface area contributed by atoms with Crippen LogP contribution < -0.4 is 5.32 Å². The summed E-state index contributed by atoms with van der Waals surface area (Å²) in [6, 6.07) is 1.19. The molecule has 1 aliphatic rings. The molecule has 1 amide bonds. The molecular formula is C19H27FN2O8S. The molecule has 0 aliphatic carbocycles. The van der Waals surface area contributed by atoms with E-state index in [9.17, 15) is 32.8 Å². The number of carbonyl (C=O) groups is 1. The van der Waals surface area contributed by atoms with E-state index in [1.807, 2.05) is 0 Å². The van der Waals surface area contributed by atoms with Crippen LogP contribution in [0, 0.1) is 21.8 Å². The van der Waals surface area contributed by atoms with Crippen molar-refractivity contribution in [3.63, 3.8) is 0 Å². The van der Waals surface area contributed by atoms with Crippen LogP contribution in [0.4, 0.5) is 14.9 Å². The highest BCUT2D eigenvalue weighted by Gasteiger charge is 2.41. The molecule has 0 aromatic heterocycles. The van der Waals surface area contributed by atoms with Crippen molar-refractivity contribution in [2.45, 2.75) is 51.5 Å². The molecule has 1 saturated heterocycles. The number of hydrogen-bond acceptors (Lipinski definition) is 8. The van der Waals surface area contributed by atoms with Gasteiger partial charge in [0.2, 0.25) is 5.82 Å². The number of nitro benzene ring substituents is 1. The van der Waals surface area contributed by atoms with Crippen LogP contribution >= 0.6 is 0 Å². The summed E-state index contributed by atoms with van der Waals surface area (Å²) in [5.74, 6) is -2.78. The van der Waals surface area contributed by atoms with Gasteiger partial charge in [0.1, 0.15) is 5.60 Å². The zero-order chi connectivity index (χ0) is 23.6. The Morgan fingerprint density at radius 1 is 1.35 bits per heavy atom. The largest absolute Gasteiger partial charge is 0.444 e. The van der Waals surface area contributed by atoms with E-state index in [-0.39, 0.29) is 29.9 Å². The molecule has 1 aliphatic heterocycles. The van der Waals surface area contributed by atoms with Gasteiger partial charge < -0.3 is 19.9 Å². The first-order chi connectivity index (χ1) is 14.2. The fourth-order valence-electron chi connectivity index (χ4n) is 3.57. The number of aliphatic hydroxyl groups is 1. The predicted octanol–water partition coefficient (Wildman–Crippen LogP) is 1.72. The third-order valence-electron chi connectivity index (χ3n) is 4.68. The second kappa shape index (κ2) is 9.45. The van der Waals surface area contributed by atoms with Crippen LogP contribution in [0.3, 0.4) is 0 Å². The van der Waals surface area contributed by atoms with Gasteiger partial charge in [-0.05, 0) is 44.9 Å². The molecule has 1 heterocycles. The molecule has 3 unspecified atom stereocenters. The Bertz CT molecular complexity index is 945. The average Bonchev–Trinajstić information content (AvgIpc) is 2.56. The Labute approximate surface area is 179 Å². The lowest BCUT2D eigenvalue weighted by atomic mass is 9.90. The average molecular weight is 462 g/mol. The number of amides is 1. The van der Waals surface area contributed by atoms with E-state index in [2.05, 4.69) is 5.32 Å². The van der Waals surface area contributed by atoms with E-state index in [1.165, 1.54) is 13.2 Å². The summed E-state index contributed by atoms with van der Waals surface area (Å²) in [5.41, 5.74) is -1.26. The summed E-state index contributed by atoms with van der Waals surface area (Å²) in [7, 11) is -2.33. The molecule has 2 rings (SSSR count). The summed E-state index contributed by atoms with van der Waals surface area (Å²) in [4.78, 5) is 22.3. The van der Waals surface area contributed by atoms with Crippen molar-refractivity contribution >= 4 is 21.6 Å². The van der Waals surface area contributed by atoms with Crippen LogP contribution in [-0.2, 0) is 32.3 Å². The van der Waals surface area contributed by atoms with Crippen LogP contribution in [-0.4, -0.2) is 60.9 Å². The number of ether oxygens (including phenoxy) is 2. The molecule has 0 saturated carbocycles. The highest BCUT2D eigenvalue weighted by Crippen LogP contribution is 2.29. The summed E-state index contributed by atoms with van der Waals surface area (Å²) in [6.07, 6.45) is -2.19. The molecule has 3 atom stereocenters. The minimum absolute atomic E-state index is 0.000846. The van der Waals surface area contributed by atoms with Crippen molar-refractivity contribution in [3.8, 4) is 0 Å². The summed E-state index contributed by atoms with van der Waals surface area (Å²) >= 11 is 0. The first-order valence-electron chi connectivity index (χ1n) is 9.55. The second-order valence-electron chi connectivity index (χ2n) is 8.56. The molecule has 174 valence electrons. The number of halogens is 1. The van der Waals surface area contributed by atoms with Gasteiger partial charge in [-0.2, -0.15) is 4.39 Å². The van der Waals surface area contributed by atoms with Gasteiger partial charge in [0.25, 0.3) is 0 Å². The number of methoxy groups -OCH3 is 1. The summed E-state index contributed by atoms with van der Waals surface area (Å²) in [5, 5.41) is 24.2. The molecule has 1 aromatic carbocycles. The Balaban J connectivity index is 2.27. The first kappa shape index (κ1) is 25.0. The third kappa shape index (κ3) is 6.84. The number of rotatable bonds is 6. The van der Waals surface area contributed by atoms with Crippen LogP contribution in [0.25, 0.3) is 0 Å². The van der Waals surface area contributed by atoms with Crippen molar-refractivity contribution in [2.24, 2.45) is 5.92 Å². The van der Waals surface area contributed by atoms with E-state index < -0.39 is 61.8 Å². The maximum atomic E-state index is 14.3. The quantitative estimate of drug-likeness (QED) is 0.480. The zero-order valence-corrected chi connectivity index (χ0v) is 18.6. The number of nitrogens with zero attached hydrogens (tertiary/aromatic N) is 1. The molecule has 1 aromatic rings.